The molecule has 2 aromatic carbocycles. The molecule has 5 N–H and O–H groups in total. The number of carbonyl (C=O) groups excluding carboxylic acids is 1. The molecule has 2 saturated heterocycles. The van der Waals surface area contributed by atoms with E-state index in [4.69, 9.17) is 19.4 Å². The highest BCUT2D eigenvalue weighted by atomic mass is 19.1. The molecule has 7 rings (SSSR count). The summed E-state index contributed by atoms with van der Waals surface area (Å²) in [7, 11) is 0. The van der Waals surface area contributed by atoms with Gasteiger partial charge in [0.1, 0.15) is 35.0 Å². The molecule has 5 atom stereocenters. The summed E-state index contributed by atoms with van der Waals surface area (Å²) in [6.45, 7) is 8.15. The normalized spacial score (nSPS) is 21.9. The number of rotatable bonds is 10. The lowest BCUT2D eigenvalue weighted by Gasteiger charge is -2.30. The van der Waals surface area contributed by atoms with Crippen LogP contribution >= 0.6 is 0 Å². The standard InChI is InChI=1S/C35H41F2N11O6/c1-5-48-44-29(43-45-48)27-25(49)26(50)31(53-27)47-18-39-24-28(38-17-35(52,19-6-10-21(36)11-7-19)20-8-12-22(37)13-9-20)41-32(42-30(24)47)46-15-14-23(16-46)40-33(51)54-34(2,3)4/h6-13,18,23,25-27,31,49-50,52H,5,14-17H2,1-4H3,(H,40,51)(H,38,41,42). The Hall–Kier alpha value is -5.37. The Morgan fingerprint density at radius 2 is 1.69 bits per heavy atom. The molecule has 5 unspecified atom stereocenters. The van der Waals surface area contributed by atoms with Gasteiger partial charge in [-0.25, -0.2) is 18.6 Å². The first-order valence-electron chi connectivity index (χ1n) is 17.5. The highest BCUT2D eigenvalue weighted by Crippen LogP contribution is 2.40. The number of halogens is 2. The molecular formula is C35H41F2N11O6. The van der Waals surface area contributed by atoms with Crippen LogP contribution in [0.3, 0.4) is 0 Å². The van der Waals surface area contributed by atoms with Crippen molar-refractivity contribution in [1.82, 2.24) is 45.0 Å². The topological polar surface area (TPSA) is 211 Å². The smallest absolute Gasteiger partial charge is 0.407 e. The van der Waals surface area contributed by atoms with E-state index in [1.54, 1.807) is 20.8 Å². The zero-order chi connectivity index (χ0) is 38.4. The summed E-state index contributed by atoms with van der Waals surface area (Å²) in [5.74, 6) is -0.503. The molecule has 19 heteroatoms. The Morgan fingerprint density at radius 3 is 2.30 bits per heavy atom. The van der Waals surface area contributed by atoms with Crippen LogP contribution in [-0.4, -0.2) is 105 Å². The van der Waals surface area contributed by atoms with Crippen molar-refractivity contribution in [2.45, 2.75) is 82.4 Å². The first-order chi connectivity index (χ1) is 25.7. The van der Waals surface area contributed by atoms with Gasteiger partial charge in [-0.1, -0.05) is 24.3 Å². The number of tetrazole rings is 1. The summed E-state index contributed by atoms with van der Waals surface area (Å²) in [5, 5.41) is 52.7. The quantitative estimate of drug-likeness (QED) is 0.139. The Balaban J connectivity index is 1.25. The summed E-state index contributed by atoms with van der Waals surface area (Å²) in [6.07, 6.45) is -3.78. The van der Waals surface area contributed by atoms with Gasteiger partial charge in [0.05, 0.1) is 25.5 Å². The maximum Gasteiger partial charge on any atom is 0.407 e. The lowest BCUT2D eigenvalue weighted by atomic mass is 9.86. The minimum absolute atomic E-state index is 0.0921. The number of aliphatic hydroxyl groups is 3. The van der Waals surface area contributed by atoms with Gasteiger partial charge >= 0.3 is 6.09 Å². The zero-order valence-electron chi connectivity index (χ0n) is 30.0. The van der Waals surface area contributed by atoms with Gasteiger partial charge in [-0.15, -0.1) is 10.2 Å². The number of hydrogen-bond acceptors (Lipinski definition) is 14. The fourth-order valence-corrected chi connectivity index (χ4v) is 6.53. The fourth-order valence-electron chi connectivity index (χ4n) is 6.53. The molecule has 5 aromatic rings. The summed E-state index contributed by atoms with van der Waals surface area (Å²) < 4.78 is 41.0. The number of aliphatic hydroxyl groups excluding tert-OH is 2. The van der Waals surface area contributed by atoms with Gasteiger partial charge in [-0.05, 0) is 74.7 Å². The maximum absolute atomic E-state index is 14.0. The van der Waals surface area contributed by atoms with Crippen molar-refractivity contribution < 1.29 is 38.4 Å². The first-order valence-corrected chi connectivity index (χ1v) is 17.5. The average Bonchev–Trinajstić information content (AvgIpc) is 3.94. The molecule has 2 aliphatic heterocycles. The molecule has 2 aliphatic rings. The second-order valence-corrected chi connectivity index (χ2v) is 14.3. The number of anilines is 2. The van der Waals surface area contributed by atoms with Crippen molar-refractivity contribution in [3.05, 3.63) is 83.4 Å². The van der Waals surface area contributed by atoms with Crippen molar-refractivity contribution in [2.24, 2.45) is 0 Å². The van der Waals surface area contributed by atoms with Crippen molar-refractivity contribution in [2.75, 3.05) is 29.9 Å². The van der Waals surface area contributed by atoms with Crippen molar-refractivity contribution in [1.29, 1.82) is 0 Å². The van der Waals surface area contributed by atoms with E-state index >= 15 is 0 Å². The van der Waals surface area contributed by atoms with Gasteiger partial charge in [-0.2, -0.15) is 14.8 Å². The molecule has 0 spiro atoms. The highest BCUT2D eigenvalue weighted by molar-refractivity contribution is 5.84. The molecule has 3 aromatic heterocycles. The van der Waals surface area contributed by atoms with Crippen LogP contribution in [0, 0.1) is 11.6 Å². The monoisotopic (exact) mass is 749 g/mol. The van der Waals surface area contributed by atoms with Crippen LogP contribution in [0.15, 0.2) is 54.9 Å². The number of alkyl carbamates (subject to hydrolysis) is 1. The number of amides is 1. The van der Waals surface area contributed by atoms with Crippen LogP contribution in [0.2, 0.25) is 0 Å². The molecule has 0 bridgehead atoms. The number of ether oxygens (including phenoxy) is 2. The van der Waals surface area contributed by atoms with Gasteiger partial charge in [-0.3, -0.25) is 4.57 Å². The second kappa shape index (κ2) is 14.5. The maximum atomic E-state index is 14.0. The molecule has 286 valence electrons. The van der Waals surface area contributed by atoms with Crippen LogP contribution in [0.25, 0.3) is 11.2 Å². The van der Waals surface area contributed by atoms with E-state index in [0.717, 1.165) is 0 Å². The van der Waals surface area contributed by atoms with Crippen LogP contribution < -0.4 is 15.5 Å². The number of benzene rings is 2. The van der Waals surface area contributed by atoms with Crippen LogP contribution in [0.4, 0.5) is 25.3 Å². The lowest BCUT2D eigenvalue weighted by Crippen LogP contribution is -2.40. The second-order valence-electron chi connectivity index (χ2n) is 14.3. The van der Waals surface area contributed by atoms with Gasteiger partial charge < -0.3 is 40.3 Å². The van der Waals surface area contributed by atoms with Gasteiger partial charge in [0.2, 0.25) is 11.8 Å². The minimum atomic E-state index is -1.80. The Morgan fingerprint density at radius 1 is 1.02 bits per heavy atom. The summed E-state index contributed by atoms with van der Waals surface area (Å²) in [4.78, 5) is 29.9. The molecule has 2 fully saturated rings. The minimum Gasteiger partial charge on any atom is -0.444 e. The van der Waals surface area contributed by atoms with E-state index in [-0.39, 0.29) is 41.3 Å². The predicted molar refractivity (Wildman–Crippen MR) is 188 cm³/mol. The number of aromatic nitrogens is 8. The van der Waals surface area contributed by atoms with E-state index in [2.05, 4.69) is 31.0 Å². The largest absolute Gasteiger partial charge is 0.444 e. The van der Waals surface area contributed by atoms with Crippen LogP contribution in [-0.2, 0) is 21.6 Å². The third-order valence-corrected chi connectivity index (χ3v) is 9.27. The summed E-state index contributed by atoms with van der Waals surface area (Å²) >= 11 is 0. The van der Waals surface area contributed by atoms with Crippen molar-refractivity contribution in [3.8, 4) is 0 Å². The van der Waals surface area contributed by atoms with Crippen LogP contribution in [0.1, 0.15) is 63.4 Å². The Bertz CT molecular complexity index is 2060. The molecular weight excluding hydrogens is 708 g/mol. The van der Waals surface area contributed by atoms with Gasteiger partial charge in [0, 0.05) is 13.1 Å². The van der Waals surface area contributed by atoms with Crippen molar-refractivity contribution in [3.63, 3.8) is 0 Å². The molecule has 5 heterocycles. The predicted octanol–water partition coefficient (Wildman–Crippen LogP) is 2.55. The summed E-state index contributed by atoms with van der Waals surface area (Å²) in [5.41, 5.74) is -1.40. The fraction of sp³-hybridized carbons (Fsp3) is 0.457. The molecule has 0 saturated carbocycles. The Kier molecular flexibility index (Phi) is 9.90. The number of carbonyl (C=O) groups is 1. The van der Waals surface area contributed by atoms with E-state index in [9.17, 15) is 28.9 Å². The number of nitrogens with zero attached hydrogens (tertiary/aromatic N) is 9. The molecule has 1 amide bonds. The third kappa shape index (κ3) is 7.39. The SMILES string of the molecule is CCn1nnc(C2OC(n3cnc4c(NCC(O)(c5ccc(F)cc5)c5ccc(F)cc5)nc(N5CCC(NC(=O)OC(C)(C)C)C5)nc43)C(O)C2O)n1. The van der Waals surface area contributed by atoms with Crippen molar-refractivity contribution >= 4 is 29.0 Å². The van der Waals surface area contributed by atoms with Gasteiger partial charge in [0.25, 0.3) is 0 Å². The number of fused-ring (bicyclic) bond motifs is 1. The van der Waals surface area contributed by atoms with E-state index in [1.807, 2.05) is 11.8 Å². The van der Waals surface area contributed by atoms with E-state index < -0.39 is 53.5 Å². The van der Waals surface area contributed by atoms with E-state index in [1.165, 1.54) is 64.2 Å². The molecule has 0 radical (unpaired) electrons. The van der Waals surface area contributed by atoms with E-state index in [0.29, 0.717) is 37.2 Å². The third-order valence-electron chi connectivity index (χ3n) is 9.27. The first kappa shape index (κ1) is 37.0. The molecule has 54 heavy (non-hydrogen) atoms. The highest BCUT2D eigenvalue weighted by Gasteiger charge is 2.47. The zero-order valence-corrected chi connectivity index (χ0v) is 30.0. The summed E-state index contributed by atoms with van der Waals surface area (Å²) in [6, 6.07) is 10.3. The molecule has 17 nitrogen and oxygen atoms in total. The number of nitrogens with one attached hydrogen (secondary N) is 2. The number of imidazole rings is 1. The lowest BCUT2D eigenvalue weighted by molar-refractivity contribution is -0.0384. The Labute approximate surface area is 308 Å². The average molecular weight is 750 g/mol. The van der Waals surface area contributed by atoms with Crippen LogP contribution in [0.5, 0.6) is 0 Å². The number of hydrogen-bond donors (Lipinski definition) is 5. The van der Waals surface area contributed by atoms with Gasteiger partial charge in [0.15, 0.2) is 29.3 Å². The number of aryl methyl sites for hydroxylation is 1. The molecule has 0 aliphatic carbocycles.